The summed E-state index contributed by atoms with van der Waals surface area (Å²) in [5.41, 5.74) is 1.20. The fraction of sp³-hybridized carbons (Fsp3) is 0. The topological polar surface area (TPSA) is 46.2 Å². The highest BCUT2D eigenvalue weighted by Gasteiger charge is 2.12. The predicted molar refractivity (Wildman–Crippen MR) is 73.8 cm³/mol. The molecule has 0 aliphatic heterocycles. The van der Waals surface area contributed by atoms with Crippen LogP contribution in [0.5, 0.6) is 0 Å². The molecule has 18 heavy (non-hydrogen) atoms. The normalized spacial score (nSPS) is 9.78. The number of carbonyl (C=O) groups is 2. The van der Waals surface area contributed by atoms with E-state index in [0.717, 1.165) is 0 Å². The molecule has 1 amide bonds. The lowest BCUT2D eigenvalue weighted by Gasteiger charge is -2.03. The van der Waals surface area contributed by atoms with E-state index in [0.29, 0.717) is 23.0 Å². The molecule has 0 aliphatic carbocycles. The van der Waals surface area contributed by atoms with Crippen molar-refractivity contribution in [2.24, 2.45) is 0 Å². The summed E-state index contributed by atoms with van der Waals surface area (Å²) >= 11 is 0.659. The molecule has 0 bridgehead atoms. The van der Waals surface area contributed by atoms with E-state index in [9.17, 15) is 9.59 Å². The zero-order valence-corrected chi connectivity index (χ0v) is 10.3. The van der Waals surface area contributed by atoms with Crippen LogP contribution in [0.15, 0.2) is 60.7 Å². The Labute approximate surface area is 109 Å². The van der Waals surface area contributed by atoms with Gasteiger partial charge in [0.05, 0.1) is 0 Å². The molecule has 0 spiro atoms. The highest BCUT2D eigenvalue weighted by Crippen LogP contribution is 2.16. The van der Waals surface area contributed by atoms with E-state index in [-0.39, 0.29) is 10.4 Å². The molecular formula is C14H11NO2S. The van der Waals surface area contributed by atoms with Crippen molar-refractivity contribution in [2.75, 3.05) is 5.32 Å². The van der Waals surface area contributed by atoms with Gasteiger partial charge < -0.3 is 5.32 Å². The number of nitrogens with one attached hydrogen (secondary N) is 1. The average molecular weight is 257 g/mol. The zero-order chi connectivity index (χ0) is 12.8. The Kier molecular flexibility index (Phi) is 4.15. The highest BCUT2D eigenvalue weighted by molar-refractivity contribution is 8.26. The Hall–Kier alpha value is -2.07. The zero-order valence-electron chi connectivity index (χ0n) is 9.50. The highest BCUT2D eigenvalue weighted by atomic mass is 32.2. The van der Waals surface area contributed by atoms with Crippen LogP contribution in [0.25, 0.3) is 0 Å². The van der Waals surface area contributed by atoms with Crippen LogP contribution in [-0.2, 0) is 0 Å². The molecule has 0 radical (unpaired) electrons. The summed E-state index contributed by atoms with van der Waals surface area (Å²) < 4.78 is 0. The number of para-hydroxylation sites is 1. The van der Waals surface area contributed by atoms with E-state index in [1.807, 2.05) is 24.3 Å². The van der Waals surface area contributed by atoms with Crippen molar-refractivity contribution in [2.45, 2.75) is 0 Å². The van der Waals surface area contributed by atoms with E-state index < -0.39 is 0 Å². The second-order valence-electron chi connectivity index (χ2n) is 3.53. The first-order chi connectivity index (χ1) is 8.75. The Morgan fingerprint density at radius 3 is 2.00 bits per heavy atom. The molecule has 0 aliphatic rings. The number of benzene rings is 2. The van der Waals surface area contributed by atoms with Crippen molar-refractivity contribution in [3.63, 3.8) is 0 Å². The number of anilines is 1. The Morgan fingerprint density at radius 2 is 1.39 bits per heavy atom. The van der Waals surface area contributed by atoms with Crippen molar-refractivity contribution < 1.29 is 9.59 Å². The minimum atomic E-state index is -0.380. The molecule has 0 saturated carbocycles. The van der Waals surface area contributed by atoms with Crippen LogP contribution in [0.4, 0.5) is 10.5 Å². The fourth-order valence-electron chi connectivity index (χ4n) is 1.38. The molecule has 3 nitrogen and oxygen atoms in total. The Bertz CT molecular complexity index is 540. The van der Waals surface area contributed by atoms with E-state index >= 15 is 0 Å². The molecule has 2 aromatic rings. The fourth-order valence-corrected chi connectivity index (χ4v) is 1.97. The minimum Gasteiger partial charge on any atom is -0.316 e. The summed E-state index contributed by atoms with van der Waals surface area (Å²) in [5, 5.41) is 2.01. The largest absolute Gasteiger partial charge is 0.316 e. The van der Waals surface area contributed by atoms with Crippen LogP contribution in [0, 0.1) is 0 Å². The molecule has 2 rings (SSSR count). The van der Waals surface area contributed by atoms with Crippen LogP contribution in [0.3, 0.4) is 0 Å². The minimum absolute atomic E-state index is 0.260. The van der Waals surface area contributed by atoms with Crippen molar-refractivity contribution in [3.05, 3.63) is 66.2 Å². The van der Waals surface area contributed by atoms with Gasteiger partial charge in [0.15, 0.2) is 0 Å². The number of rotatable bonds is 2. The maximum Gasteiger partial charge on any atom is 0.291 e. The third-order valence-electron chi connectivity index (χ3n) is 2.22. The van der Waals surface area contributed by atoms with Crippen LogP contribution in [0.1, 0.15) is 10.4 Å². The molecular weight excluding hydrogens is 246 g/mol. The molecule has 90 valence electrons. The monoisotopic (exact) mass is 257 g/mol. The third-order valence-corrected chi connectivity index (χ3v) is 2.92. The van der Waals surface area contributed by atoms with Gasteiger partial charge in [-0.1, -0.05) is 48.5 Å². The summed E-state index contributed by atoms with van der Waals surface area (Å²) in [7, 11) is 0. The first-order valence-corrected chi connectivity index (χ1v) is 6.20. The number of amides is 1. The predicted octanol–water partition coefficient (Wildman–Crippen LogP) is 3.79. The van der Waals surface area contributed by atoms with E-state index in [1.54, 1.807) is 36.4 Å². The Balaban J connectivity index is 1.94. The van der Waals surface area contributed by atoms with Crippen molar-refractivity contribution >= 4 is 27.8 Å². The van der Waals surface area contributed by atoms with Crippen LogP contribution < -0.4 is 5.32 Å². The van der Waals surface area contributed by atoms with Gasteiger partial charge in [0.1, 0.15) is 0 Å². The average Bonchev–Trinajstić information content (AvgIpc) is 2.40. The van der Waals surface area contributed by atoms with E-state index in [2.05, 4.69) is 5.32 Å². The maximum atomic E-state index is 11.7. The summed E-state index contributed by atoms with van der Waals surface area (Å²) in [6, 6.07) is 17.8. The summed E-state index contributed by atoms with van der Waals surface area (Å²) in [6.45, 7) is 0. The molecule has 0 fully saturated rings. The first-order valence-electron chi connectivity index (χ1n) is 5.39. The van der Waals surface area contributed by atoms with Crippen molar-refractivity contribution in [1.82, 2.24) is 0 Å². The van der Waals surface area contributed by atoms with Crippen LogP contribution in [-0.4, -0.2) is 10.4 Å². The van der Waals surface area contributed by atoms with Crippen molar-refractivity contribution in [3.8, 4) is 0 Å². The molecule has 4 heteroatoms. The molecule has 0 unspecified atom stereocenters. The number of carbonyl (C=O) groups excluding carboxylic acids is 2. The van der Waals surface area contributed by atoms with E-state index in [4.69, 9.17) is 0 Å². The summed E-state index contributed by atoms with van der Waals surface area (Å²) in [5.74, 6) is 0. The molecule has 0 heterocycles. The quantitative estimate of drug-likeness (QED) is 0.890. The summed E-state index contributed by atoms with van der Waals surface area (Å²) in [6.07, 6.45) is 0. The number of hydrogen-bond donors (Lipinski definition) is 1. The van der Waals surface area contributed by atoms with E-state index in [1.165, 1.54) is 0 Å². The van der Waals surface area contributed by atoms with Gasteiger partial charge in [-0.15, -0.1) is 0 Å². The van der Waals surface area contributed by atoms with Gasteiger partial charge in [0.25, 0.3) is 5.24 Å². The molecule has 0 aromatic heterocycles. The van der Waals surface area contributed by atoms with Gasteiger partial charge in [-0.3, -0.25) is 9.59 Å². The lowest BCUT2D eigenvalue weighted by molar-refractivity contribution is 0.109. The second-order valence-corrected chi connectivity index (χ2v) is 4.48. The number of thioether (sulfide) groups is 1. The van der Waals surface area contributed by atoms with Gasteiger partial charge in [-0.2, -0.15) is 0 Å². The first kappa shape index (κ1) is 12.4. The smallest absolute Gasteiger partial charge is 0.291 e. The van der Waals surface area contributed by atoms with Gasteiger partial charge in [0.2, 0.25) is 5.12 Å². The molecule has 1 N–H and O–H groups in total. The SMILES string of the molecule is O=C(Nc1ccccc1)SC(=O)c1ccccc1. The molecule has 2 aromatic carbocycles. The summed E-state index contributed by atoms with van der Waals surface area (Å²) in [4.78, 5) is 23.4. The van der Waals surface area contributed by atoms with Gasteiger partial charge in [-0.25, -0.2) is 0 Å². The Morgan fingerprint density at radius 1 is 0.833 bits per heavy atom. The lowest BCUT2D eigenvalue weighted by Crippen LogP contribution is -2.08. The molecule has 0 atom stereocenters. The van der Waals surface area contributed by atoms with Gasteiger partial charge in [0, 0.05) is 23.0 Å². The van der Waals surface area contributed by atoms with Gasteiger partial charge in [-0.05, 0) is 12.1 Å². The standard InChI is InChI=1S/C14H11NO2S/c16-13(11-7-3-1-4-8-11)18-14(17)15-12-9-5-2-6-10-12/h1-10H,(H,15,17). The van der Waals surface area contributed by atoms with Crippen molar-refractivity contribution in [1.29, 1.82) is 0 Å². The number of hydrogen-bond acceptors (Lipinski definition) is 3. The van der Waals surface area contributed by atoms with Gasteiger partial charge >= 0.3 is 0 Å². The third kappa shape index (κ3) is 3.46. The van der Waals surface area contributed by atoms with Crippen LogP contribution >= 0.6 is 11.8 Å². The lowest BCUT2D eigenvalue weighted by atomic mass is 10.2. The molecule has 0 saturated heterocycles. The van der Waals surface area contributed by atoms with Crippen LogP contribution in [0.2, 0.25) is 0 Å². The second kappa shape index (κ2) is 6.02. The maximum absolute atomic E-state index is 11.7.